The van der Waals surface area contributed by atoms with Crippen molar-refractivity contribution in [3.05, 3.63) is 88.2 Å². The fourth-order valence-electron chi connectivity index (χ4n) is 2.99. The molecule has 0 saturated carbocycles. The quantitative estimate of drug-likeness (QED) is 0.347. The van der Waals surface area contributed by atoms with Crippen LogP contribution in [0.3, 0.4) is 0 Å². The maximum atomic E-state index is 11.3. The van der Waals surface area contributed by atoms with E-state index in [1.165, 1.54) is 5.56 Å². The molecule has 0 aliphatic carbocycles. The van der Waals surface area contributed by atoms with E-state index in [2.05, 4.69) is 16.7 Å². The number of ether oxygens (including phenoxy) is 1. The highest BCUT2D eigenvalue weighted by Crippen LogP contribution is 2.35. The minimum Gasteiger partial charge on any atom is -0.487 e. The molecule has 27 heavy (non-hydrogen) atoms. The van der Waals surface area contributed by atoms with Gasteiger partial charge in [0.1, 0.15) is 0 Å². The molecule has 5 heteroatoms. The molecule has 2 aromatic carbocycles. The van der Waals surface area contributed by atoms with Crippen LogP contribution in [-0.4, -0.2) is 11.5 Å². The normalized spacial score (nSPS) is 10.6. The minimum absolute atomic E-state index is 0.0137. The number of pyridine rings is 1. The summed E-state index contributed by atoms with van der Waals surface area (Å²) in [6.07, 6.45) is 4.84. The molecule has 1 heterocycles. The first kappa shape index (κ1) is 18.6. The summed E-state index contributed by atoms with van der Waals surface area (Å²) in [5.74, 6) is 0.323. The highest BCUT2D eigenvalue weighted by molar-refractivity contribution is 5.71. The van der Waals surface area contributed by atoms with Crippen LogP contribution in [0.2, 0.25) is 0 Å². The van der Waals surface area contributed by atoms with Crippen molar-refractivity contribution in [1.82, 2.24) is 0 Å². The SMILES string of the molecule is CCCOc1cc(-c2cc[n+](Cc3ccccc3)cc2)c(C)cc1[N+](=O)[O-]. The number of aromatic nitrogens is 1. The van der Waals surface area contributed by atoms with Gasteiger partial charge in [-0.25, -0.2) is 4.57 Å². The fourth-order valence-corrected chi connectivity index (χ4v) is 2.99. The van der Waals surface area contributed by atoms with E-state index >= 15 is 0 Å². The minimum atomic E-state index is -0.388. The van der Waals surface area contributed by atoms with Crippen LogP contribution in [0.25, 0.3) is 11.1 Å². The summed E-state index contributed by atoms with van der Waals surface area (Å²) in [5, 5.41) is 11.3. The first-order valence-corrected chi connectivity index (χ1v) is 9.03. The molecule has 0 N–H and O–H groups in total. The molecule has 3 aromatic rings. The molecular formula is C22H23N2O3+. The molecule has 0 spiro atoms. The number of aryl methyl sites for hydroxylation is 1. The molecule has 0 fully saturated rings. The molecule has 3 rings (SSSR count). The van der Waals surface area contributed by atoms with Crippen molar-refractivity contribution in [2.45, 2.75) is 26.8 Å². The Morgan fingerprint density at radius 3 is 2.41 bits per heavy atom. The summed E-state index contributed by atoms with van der Waals surface area (Å²) in [6.45, 7) is 5.11. The van der Waals surface area contributed by atoms with Gasteiger partial charge in [0.15, 0.2) is 24.7 Å². The summed E-state index contributed by atoms with van der Waals surface area (Å²) in [5.41, 5.74) is 4.05. The van der Waals surface area contributed by atoms with Gasteiger partial charge in [-0.1, -0.05) is 37.3 Å². The molecule has 0 radical (unpaired) electrons. The lowest BCUT2D eigenvalue weighted by atomic mass is 10.0. The second kappa shape index (κ2) is 8.45. The zero-order valence-corrected chi connectivity index (χ0v) is 15.6. The van der Waals surface area contributed by atoms with E-state index in [4.69, 9.17) is 4.74 Å². The van der Waals surface area contributed by atoms with E-state index in [0.717, 1.165) is 29.7 Å². The van der Waals surface area contributed by atoms with Gasteiger partial charge < -0.3 is 4.74 Å². The fraction of sp³-hybridized carbons (Fsp3) is 0.227. The van der Waals surface area contributed by atoms with Crippen LogP contribution in [0.15, 0.2) is 67.0 Å². The Hall–Kier alpha value is -3.21. The van der Waals surface area contributed by atoms with Gasteiger partial charge in [-0.2, -0.15) is 0 Å². The first-order valence-electron chi connectivity index (χ1n) is 9.03. The van der Waals surface area contributed by atoms with Gasteiger partial charge in [0.05, 0.1) is 11.5 Å². The van der Waals surface area contributed by atoms with Crippen molar-refractivity contribution in [1.29, 1.82) is 0 Å². The van der Waals surface area contributed by atoms with Crippen LogP contribution in [0.4, 0.5) is 5.69 Å². The average molecular weight is 363 g/mol. The Kier molecular flexibility index (Phi) is 5.81. The van der Waals surface area contributed by atoms with E-state index in [1.807, 2.05) is 56.6 Å². The summed E-state index contributed by atoms with van der Waals surface area (Å²) >= 11 is 0. The molecule has 5 nitrogen and oxygen atoms in total. The second-order valence-electron chi connectivity index (χ2n) is 6.49. The maximum absolute atomic E-state index is 11.3. The molecule has 0 atom stereocenters. The number of hydrogen-bond donors (Lipinski definition) is 0. The van der Waals surface area contributed by atoms with Gasteiger partial charge in [0.25, 0.3) is 0 Å². The number of hydrogen-bond acceptors (Lipinski definition) is 3. The van der Waals surface area contributed by atoms with Crippen LogP contribution in [-0.2, 0) is 6.54 Å². The van der Waals surface area contributed by atoms with Gasteiger partial charge in [0.2, 0.25) is 0 Å². The Bertz CT molecular complexity index is 922. The molecule has 0 bridgehead atoms. The Morgan fingerprint density at radius 2 is 1.78 bits per heavy atom. The topological polar surface area (TPSA) is 56.2 Å². The molecule has 0 aliphatic heterocycles. The van der Waals surface area contributed by atoms with Gasteiger partial charge in [-0.05, 0) is 36.1 Å². The Balaban J connectivity index is 1.89. The third kappa shape index (κ3) is 4.50. The predicted molar refractivity (Wildman–Crippen MR) is 105 cm³/mol. The van der Waals surface area contributed by atoms with Crippen LogP contribution in [0.1, 0.15) is 24.5 Å². The molecule has 0 amide bonds. The van der Waals surface area contributed by atoms with Crippen molar-refractivity contribution in [2.24, 2.45) is 0 Å². The van der Waals surface area contributed by atoms with Gasteiger partial charge in [0, 0.05) is 23.8 Å². The zero-order chi connectivity index (χ0) is 19.2. The zero-order valence-electron chi connectivity index (χ0n) is 15.6. The largest absolute Gasteiger partial charge is 0.487 e. The highest BCUT2D eigenvalue weighted by atomic mass is 16.6. The third-order valence-electron chi connectivity index (χ3n) is 4.37. The lowest BCUT2D eigenvalue weighted by Gasteiger charge is -2.11. The van der Waals surface area contributed by atoms with E-state index in [0.29, 0.717) is 12.4 Å². The summed E-state index contributed by atoms with van der Waals surface area (Å²) < 4.78 is 7.73. The lowest BCUT2D eigenvalue weighted by Crippen LogP contribution is -2.32. The van der Waals surface area contributed by atoms with E-state index < -0.39 is 0 Å². The van der Waals surface area contributed by atoms with Crippen LogP contribution in [0, 0.1) is 17.0 Å². The number of nitro groups is 1. The average Bonchev–Trinajstić information content (AvgIpc) is 2.68. The number of benzene rings is 2. The van der Waals surface area contributed by atoms with Crippen molar-refractivity contribution in [3.63, 3.8) is 0 Å². The standard InChI is InChI=1S/C22H23N2O3/c1-3-13-27-22-15-20(17(2)14-21(22)24(25)26)19-9-11-23(12-10-19)16-18-7-5-4-6-8-18/h4-12,14-15H,3,13,16H2,1-2H3/q+1. The molecule has 0 aliphatic rings. The highest BCUT2D eigenvalue weighted by Gasteiger charge is 2.19. The monoisotopic (exact) mass is 363 g/mol. The molecule has 0 unspecified atom stereocenters. The predicted octanol–water partition coefficient (Wildman–Crippen LogP) is 4.69. The van der Waals surface area contributed by atoms with Crippen molar-refractivity contribution >= 4 is 5.69 Å². The first-order chi connectivity index (χ1) is 13.1. The summed E-state index contributed by atoms with van der Waals surface area (Å²) in [7, 11) is 0. The number of rotatable bonds is 7. The molecule has 138 valence electrons. The summed E-state index contributed by atoms with van der Waals surface area (Å²) in [6, 6.07) is 17.7. The van der Waals surface area contributed by atoms with Crippen LogP contribution >= 0.6 is 0 Å². The summed E-state index contributed by atoms with van der Waals surface area (Å²) in [4.78, 5) is 10.9. The molecule has 0 saturated heterocycles. The number of nitro benzene ring substituents is 1. The van der Waals surface area contributed by atoms with E-state index in [9.17, 15) is 10.1 Å². The second-order valence-corrected chi connectivity index (χ2v) is 6.49. The van der Waals surface area contributed by atoms with Crippen molar-refractivity contribution in [2.75, 3.05) is 6.61 Å². The third-order valence-corrected chi connectivity index (χ3v) is 4.37. The van der Waals surface area contributed by atoms with Crippen molar-refractivity contribution in [3.8, 4) is 16.9 Å². The van der Waals surface area contributed by atoms with Crippen LogP contribution < -0.4 is 9.30 Å². The van der Waals surface area contributed by atoms with E-state index in [-0.39, 0.29) is 10.6 Å². The smallest absolute Gasteiger partial charge is 0.311 e. The van der Waals surface area contributed by atoms with Gasteiger partial charge in [-0.3, -0.25) is 10.1 Å². The van der Waals surface area contributed by atoms with Crippen LogP contribution in [0.5, 0.6) is 5.75 Å². The lowest BCUT2D eigenvalue weighted by molar-refractivity contribution is -0.688. The Labute approximate surface area is 159 Å². The maximum Gasteiger partial charge on any atom is 0.311 e. The number of nitrogens with zero attached hydrogens (tertiary/aromatic N) is 2. The molecular weight excluding hydrogens is 340 g/mol. The van der Waals surface area contributed by atoms with Gasteiger partial charge in [-0.15, -0.1) is 0 Å². The Morgan fingerprint density at radius 1 is 1.07 bits per heavy atom. The molecule has 1 aromatic heterocycles. The van der Waals surface area contributed by atoms with Crippen molar-refractivity contribution < 1.29 is 14.2 Å². The van der Waals surface area contributed by atoms with Gasteiger partial charge >= 0.3 is 5.69 Å². The van der Waals surface area contributed by atoms with E-state index in [1.54, 1.807) is 12.1 Å².